The van der Waals surface area contributed by atoms with Gasteiger partial charge in [0.2, 0.25) is 0 Å². The smallest absolute Gasteiger partial charge is 0.120 e. The highest BCUT2D eigenvalue weighted by molar-refractivity contribution is 6.35. The number of nitrogens with one attached hydrogen (secondary N) is 1. The normalized spacial score (nSPS) is 30.4. The number of halogens is 2. The molecule has 0 amide bonds. The Bertz CT molecular complexity index is 876. The molecule has 6 rings (SSSR count). The van der Waals surface area contributed by atoms with Gasteiger partial charge in [-0.15, -0.1) is 0 Å². The lowest BCUT2D eigenvalue weighted by molar-refractivity contribution is -0.0706. The second-order valence-corrected chi connectivity index (χ2v) is 10.9. The lowest BCUT2D eigenvalue weighted by Gasteiger charge is -2.59. The van der Waals surface area contributed by atoms with E-state index in [2.05, 4.69) is 30.4 Å². The molecule has 0 radical (unpaired) electrons. The van der Waals surface area contributed by atoms with Gasteiger partial charge in [-0.05, 0) is 98.4 Å². The van der Waals surface area contributed by atoms with E-state index in [9.17, 15) is 0 Å². The summed E-state index contributed by atoms with van der Waals surface area (Å²) in [7, 11) is 0. The van der Waals surface area contributed by atoms with Crippen LogP contribution in [0.3, 0.4) is 0 Å². The summed E-state index contributed by atoms with van der Waals surface area (Å²) in [5, 5.41) is 5.17. The van der Waals surface area contributed by atoms with Crippen molar-refractivity contribution in [3.8, 4) is 5.75 Å². The molecule has 2 aromatic carbocycles. The van der Waals surface area contributed by atoms with Crippen LogP contribution >= 0.6 is 23.2 Å². The Morgan fingerprint density at radius 3 is 2.37 bits per heavy atom. The van der Waals surface area contributed by atoms with Crippen LogP contribution in [0.25, 0.3) is 0 Å². The second-order valence-electron chi connectivity index (χ2n) is 10.1. The molecule has 4 heteroatoms. The molecule has 0 aromatic heterocycles. The van der Waals surface area contributed by atoms with Gasteiger partial charge in [0.05, 0.1) is 0 Å². The maximum atomic E-state index is 6.27. The van der Waals surface area contributed by atoms with Crippen molar-refractivity contribution in [1.29, 1.82) is 0 Å². The number of benzene rings is 2. The molecule has 1 atom stereocenters. The molecule has 4 bridgehead atoms. The molecule has 2 nitrogen and oxygen atoms in total. The molecule has 0 saturated heterocycles. The Balaban J connectivity index is 1.19. The maximum absolute atomic E-state index is 6.27. The van der Waals surface area contributed by atoms with Gasteiger partial charge in [0.15, 0.2) is 0 Å². The van der Waals surface area contributed by atoms with Crippen LogP contribution in [0, 0.1) is 23.2 Å². The first-order valence-electron chi connectivity index (χ1n) is 11.4. The molecule has 0 heterocycles. The zero-order valence-corrected chi connectivity index (χ0v) is 19.2. The van der Waals surface area contributed by atoms with Gasteiger partial charge in [-0.3, -0.25) is 0 Å². The predicted octanol–water partition coefficient (Wildman–Crippen LogP) is 7.27. The Kier molecular flexibility index (Phi) is 5.77. The van der Waals surface area contributed by atoms with Crippen molar-refractivity contribution in [2.75, 3.05) is 0 Å². The molecule has 4 fully saturated rings. The Hall–Kier alpha value is -1.22. The molecule has 2 aromatic rings. The molecular weight excluding hydrogens is 413 g/mol. The largest absolute Gasteiger partial charge is 0.489 e. The molecule has 4 saturated carbocycles. The molecule has 4 aliphatic rings. The summed E-state index contributed by atoms with van der Waals surface area (Å²) in [5.74, 6) is 3.87. The van der Waals surface area contributed by atoms with Gasteiger partial charge in [0, 0.05) is 28.2 Å². The maximum Gasteiger partial charge on any atom is 0.120 e. The van der Waals surface area contributed by atoms with E-state index in [0.717, 1.165) is 35.6 Å². The van der Waals surface area contributed by atoms with Gasteiger partial charge < -0.3 is 10.1 Å². The summed E-state index contributed by atoms with van der Waals surface area (Å²) in [6.07, 6.45) is 8.84. The fourth-order valence-electron chi connectivity index (χ4n) is 6.74. The highest BCUT2D eigenvalue weighted by Crippen LogP contribution is 2.61. The summed E-state index contributed by atoms with van der Waals surface area (Å²) in [4.78, 5) is 0. The van der Waals surface area contributed by atoms with E-state index in [0.29, 0.717) is 28.1 Å². The van der Waals surface area contributed by atoms with Crippen molar-refractivity contribution < 1.29 is 4.74 Å². The van der Waals surface area contributed by atoms with E-state index < -0.39 is 0 Å². The molecule has 0 spiro atoms. The van der Waals surface area contributed by atoms with E-state index in [4.69, 9.17) is 27.9 Å². The molecule has 1 N–H and O–H groups in total. The number of hydrogen-bond acceptors (Lipinski definition) is 2. The third-order valence-electron chi connectivity index (χ3n) is 7.92. The number of ether oxygens (including phenoxy) is 1. The highest BCUT2D eigenvalue weighted by Gasteiger charge is 2.52. The van der Waals surface area contributed by atoms with Crippen LogP contribution < -0.4 is 10.1 Å². The van der Waals surface area contributed by atoms with Crippen LogP contribution in [0.2, 0.25) is 10.0 Å². The Morgan fingerprint density at radius 1 is 1.00 bits per heavy atom. The minimum absolute atomic E-state index is 0.441. The second kappa shape index (κ2) is 8.37. The number of rotatable bonds is 7. The van der Waals surface area contributed by atoms with Gasteiger partial charge in [-0.2, -0.15) is 0 Å². The van der Waals surface area contributed by atoms with Gasteiger partial charge in [0.1, 0.15) is 12.4 Å². The first kappa shape index (κ1) is 20.7. The standard InChI is InChI=1S/C26H31Cl2NO/c1-17(26-12-19-7-20(13-26)9-21(8-19)14-26)29-15-18-3-2-4-24(10-18)30-16-22-5-6-23(27)11-25(22)28/h2-6,10-11,17,19-21,29H,7-9,12-16H2,1H3/t17-,19?,20?,21?,26?/m0/s1. The van der Waals surface area contributed by atoms with Gasteiger partial charge in [-0.1, -0.05) is 41.4 Å². The van der Waals surface area contributed by atoms with E-state index in [-0.39, 0.29) is 0 Å². The quantitative estimate of drug-likeness (QED) is 0.485. The zero-order valence-electron chi connectivity index (χ0n) is 17.7. The van der Waals surface area contributed by atoms with Crippen LogP contribution in [0.5, 0.6) is 5.75 Å². The average molecular weight is 444 g/mol. The minimum atomic E-state index is 0.441. The van der Waals surface area contributed by atoms with Crippen LogP contribution in [-0.4, -0.2) is 6.04 Å². The fourth-order valence-corrected chi connectivity index (χ4v) is 7.20. The first-order chi connectivity index (χ1) is 14.5. The summed E-state index contributed by atoms with van der Waals surface area (Å²) in [6.45, 7) is 3.76. The molecule has 30 heavy (non-hydrogen) atoms. The lowest BCUT2D eigenvalue weighted by Crippen LogP contribution is -2.54. The predicted molar refractivity (Wildman–Crippen MR) is 124 cm³/mol. The molecule has 0 unspecified atom stereocenters. The van der Waals surface area contributed by atoms with E-state index in [1.54, 1.807) is 6.07 Å². The lowest BCUT2D eigenvalue weighted by atomic mass is 9.48. The van der Waals surface area contributed by atoms with Crippen LogP contribution in [0.15, 0.2) is 42.5 Å². The van der Waals surface area contributed by atoms with Gasteiger partial charge in [0.25, 0.3) is 0 Å². The third-order valence-corrected chi connectivity index (χ3v) is 8.51. The Labute approximate surface area is 190 Å². The summed E-state index contributed by atoms with van der Waals surface area (Å²) >= 11 is 12.2. The average Bonchev–Trinajstić information content (AvgIpc) is 2.71. The molecule has 0 aliphatic heterocycles. The molecule has 4 aliphatic carbocycles. The van der Waals surface area contributed by atoms with Crippen molar-refractivity contribution in [1.82, 2.24) is 5.32 Å². The van der Waals surface area contributed by atoms with E-state index in [1.165, 1.54) is 44.1 Å². The monoisotopic (exact) mass is 443 g/mol. The SMILES string of the molecule is C[C@H](NCc1cccc(OCc2ccc(Cl)cc2Cl)c1)C12CC3CC(CC(C3)C1)C2. The molecule has 160 valence electrons. The van der Waals surface area contributed by atoms with E-state index >= 15 is 0 Å². The fraction of sp³-hybridized carbons (Fsp3) is 0.538. The van der Waals surface area contributed by atoms with Crippen molar-refractivity contribution in [3.63, 3.8) is 0 Å². The summed E-state index contributed by atoms with van der Waals surface area (Å²) in [5.41, 5.74) is 2.75. The summed E-state index contributed by atoms with van der Waals surface area (Å²) < 4.78 is 6.01. The third kappa shape index (κ3) is 4.24. The highest BCUT2D eigenvalue weighted by atomic mass is 35.5. The minimum Gasteiger partial charge on any atom is -0.489 e. The Morgan fingerprint density at radius 2 is 1.70 bits per heavy atom. The zero-order chi connectivity index (χ0) is 20.7. The van der Waals surface area contributed by atoms with Gasteiger partial charge >= 0.3 is 0 Å². The van der Waals surface area contributed by atoms with E-state index in [1.807, 2.05) is 18.2 Å². The van der Waals surface area contributed by atoms with Crippen molar-refractivity contribution in [2.45, 2.75) is 64.6 Å². The van der Waals surface area contributed by atoms with Crippen LogP contribution in [0.1, 0.15) is 56.6 Å². The number of hydrogen-bond donors (Lipinski definition) is 1. The van der Waals surface area contributed by atoms with Crippen molar-refractivity contribution >= 4 is 23.2 Å². The first-order valence-corrected chi connectivity index (χ1v) is 12.1. The van der Waals surface area contributed by atoms with Crippen molar-refractivity contribution in [3.05, 3.63) is 63.6 Å². The topological polar surface area (TPSA) is 21.3 Å². The van der Waals surface area contributed by atoms with Crippen molar-refractivity contribution in [2.24, 2.45) is 23.2 Å². The molecular formula is C26H31Cl2NO. The summed E-state index contributed by atoms with van der Waals surface area (Å²) in [6, 6.07) is 14.5. The van der Waals surface area contributed by atoms with Gasteiger partial charge in [-0.25, -0.2) is 0 Å². The van der Waals surface area contributed by atoms with Crippen LogP contribution in [0.4, 0.5) is 0 Å². The van der Waals surface area contributed by atoms with Crippen LogP contribution in [-0.2, 0) is 13.2 Å².